The van der Waals surface area contributed by atoms with Crippen LogP contribution in [0.5, 0.6) is 5.75 Å². The number of benzene rings is 1. The summed E-state index contributed by atoms with van der Waals surface area (Å²) in [6.07, 6.45) is -4.70. The molecule has 0 bridgehead atoms. The summed E-state index contributed by atoms with van der Waals surface area (Å²) in [6, 6.07) is 3.66. The normalized spacial score (nSPS) is 21.3. The monoisotopic (exact) mass is 334 g/mol. The van der Waals surface area contributed by atoms with Crippen LogP contribution in [-0.4, -0.2) is 42.4 Å². The van der Waals surface area contributed by atoms with Crippen molar-refractivity contribution in [2.45, 2.75) is 6.18 Å². The number of aliphatic carboxylic acids is 1. The van der Waals surface area contributed by atoms with E-state index in [-0.39, 0.29) is 11.4 Å². The van der Waals surface area contributed by atoms with Crippen LogP contribution in [0.25, 0.3) is 0 Å². The topological polar surface area (TPSA) is 92.9 Å². The van der Waals surface area contributed by atoms with E-state index in [9.17, 15) is 28.1 Å². The first-order valence-electron chi connectivity index (χ1n) is 6.52. The molecular weight excluding hydrogens is 321 g/mol. The first kappa shape index (κ1) is 16.8. The number of halogens is 3. The molecule has 0 aromatic heterocycles. The SMILES string of the molecule is COc1ccc([N+](=O)[O-])c(N2C[C@@H](C(F)(F)F)[C@H](C(=O)O)C2)c1. The van der Waals surface area contributed by atoms with Gasteiger partial charge >= 0.3 is 12.1 Å². The molecule has 7 nitrogen and oxygen atoms in total. The van der Waals surface area contributed by atoms with Crippen LogP contribution in [0.2, 0.25) is 0 Å². The number of nitro groups is 1. The number of methoxy groups -OCH3 is 1. The Balaban J connectivity index is 2.43. The molecule has 1 heterocycles. The minimum Gasteiger partial charge on any atom is -0.497 e. The summed E-state index contributed by atoms with van der Waals surface area (Å²) in [7, 11) is 1.31. The molecule has 126 valence electrons. The lowest BCUT2D eigenvalue weighted by molar-refractivity contribution is -0.384. The highest BCUT2D eigenvalue weighted by Gasteiger charge is 2.53. The third-order valence-electron chi connectivity index (χ3n) is 3.78. The molecule has 0 amide bonds. The van der Waals surface area contributed by atoms with Crippen LogP contribution >= 0.6 is 0 Å². The summed E-state index contributed by atoms with van der Waals surface area (Å²) in [6.45, 7) is -1.12. The number of ether oxygens (including phenoxy) is 1. The zero-order valence-electron chi connectivity index (χ0n) is 11.9. The molecule has 1 saturated heterocycles. The maximum atomic E-state index is 13.0. The highest BCUT2D eigenvalue weighted by Crippen LogP contribution is 2.42. The van der Waals surface area contributed by atoms with Gasteiger partial charge in [-0.1, -0.05) is 0 Å². The molecule has 1 aromatic rings. The zero-order valence-corrected chi connectivity index (χ0v) is 11.9. The number of nitrogens with zero attached hydrogens (tertiary/aromatic N) is 2. The molecule has 10 heteroatoms. The largest absolute Gasteiger partial charge is 0.497 e. The van der Waals surface area contributed by atoms with Crippen LogP contribution in [0.1, 0.15) is 0 Å². The second kappa shape index (κ2) is 5.94. The van der Waals surface area contributed by atoms with Crippen LogP contribution in [0.3, 0.4) is 0 Å². The Morgan fingerprint density at radius 3 is 2.52 bits per heavy atom. The van der Waals surface area contributed by atoms with E-state index >= 15 is 0 Å². The number of rotatable bonds is 4. The van der Waals surface area contributed by atoms with E-state index in [1.165, 1.54) is 19.2 Å². The third-order valence-corrected chi connectivity index (χ3v) is 3.78. The van der Waals surface area contributed by atoms with Gasteiger partial charge in [0.05, 0.1) is 23.9 Å². The second-order valence-corrected chi connectivity index (χ2v) is 5.11. The highest BCUT2D eigenvalue weighted by molar-refractivity contribution is 5.74. The van der Waals surface area contributed by atoms with Crippen molar-refractivity contribution in [1.29, 1.82) is 0 Å². The average molecular weight is 334 g/mol. The van der Waals surface area contributed by atoms with Gasteiger partial charge in [0.15, 0.2) is 0 Å². The molecule has 2 atom stereocenters. The predicted molar refractivity (Wildman–Crippen MR) is 72.5 cm³/mol. The lowest BCUT2D eigenvalue weighted by Gasteiger charge is -2.20. The molecule has 1 fully saturated rings. The van der Waals surface area contributed by atoms with Crippen LogP contribution in [-0.2, 0) is 4.79 Å². The Bertz CT molecular complexity index is 635. The smallest absolute Gasteiger partial charge is 0.394 e. The Morgan fingerprint density at radius 1 is 1.43 bits per heavy atom. The van der Waals surface area contributed by atoms with Crippen molar-refractivity contribution in [3.63, 3.8) is 0 Å². The van der Waals surface area contributed by atoms with Crippen molar-refractivity contribution in [1.82, 2.24) is 0 Å². The first-order chi connectivity index (χ1) is 10.6. The number of carbonyl (C=O) groups is 1. The molecular formula is C13H13F3N2O5. The predicted octanol–water partition coefficient (Wildman–Crippen LogP) is 2.30. The van der Waals surface area contributed by atoms with Crippen molar-refractivity contribution >= 4 is 17.3 Å². The molecule has 1 aliphatic heterocycles. The van der Waals surface area contributed by atoms with Crippen LogP contribution in [0, 0.1) is 22.0 Å². The summed E-state index contributed by atoms with van der Waals surface area (Å²) in [5.74, 6) is -5.13. The number of hydrogen-bond acceptors (Lipinski definition) is 5. The molecule has 0 spiro atoms. The van der Waals surface area contributed by atoms with E-state index in [0.29, 0.717) is 0 Å². The standard InChI is InChI=1S/C13H13F3N2O5/c1-23-7-2-3-10(18(21)22)11(4-7)17-5-8(12(19)20)9(6-17)13(14,15)16/h2-4,8-9H,5-6H2,1H3,(H,19,20)/t8-,9-/m1/s1. The molecule has 2 rings (SSSR count). The summed E-state index contributed by atoms with van der Waals surface area (Å²) in [5.41, 5.74) is -0.495. The second-order valence-electron chi connectivity index (χ2n) is 5.11. The van der Waals surface area contributed by atoms with Gasteiger partial charge in [-0.15, -0.1) is 0 Å². The van der Waals surface area contributed by atoms with E-state index in [2.05, 4.69) is 0 Å². The van der Waals surface area contributed by atoms with E-state index < -0.39 is 47.7 Å². The third kappa shape index (κ3) is 3.30. The van der Waals surface area contributed by atoms with Crippen molar-refractivity contribution in [2.75, 3.05) is 25.1 Å². The quantitative estimate of drug-likeness (QED) is 0.671. The molecule has 1 N–H and O–H groups in total. The van der Waals surface area contributed by atoms with Gasteiger partial charge in [0.2, 0.25) is 0 Å². The van der Waals surface area contributed by atoms with Gasteiger partial charge in [-0.2, -0.15) is 13.2 Å². The summed E-state index contributed by atoms with van der Waals surface area (Å²) in [4.78, 5) is 22.5. The molecule has 0 saturated carbocycles. The van der Waals surface area contributed by atoms with Gasteiger partial charge in [-0.05, 0) is 6.07 Å². The van der Waals surface area contributed by atoms with Crippen LogP contribution in [0.15, 0.2) is 18.2 Å². The fourth-order valence-electron chi connectivity index (χ4n) is 2.62. The minimum absolute atomic E-state index is 0.0904. The molecule has 1 aliphatic rings. The van der Waals surface area contributed by atoms with E-state index in [0.717, 1.165) is 11.0 Å². The summed E-state index contributed by atoms with van der Waals surface area (Å²) < 4.78 is 44.0. The van der Waals surface area contributed by atoms with E-state index in [1.54, 1.807) is 0 Å². The van der Waals surface area contributed by atoms with Gasteiger partial charge in [-0.3, -0.25) is 14.9 Å². The number of carboxylic acids is 1. The zero-order chi connectivity index (χ0) is 17.4. The lowest BCUT2D eigenvalue weighted by Crippen LogP contribution is -2.33. The maximum Gasteiger partial charge on any atom is 0.394 e. The fraction of sp³-hybridized carbons (Fsp3) is 0.462. The van der Waals surface area contributed by atoms with Crippen molar-refractivity contribution in [3.05, 3.63) is 28.3 Å². The van der Waals surface area contributed by atoms with Gasteiger partial charge in [0.1, 0.15) is 11.4 Å². The number of nitro benzene ring substituents is 1. The number of anilines is 1. The molecule has 0 aliphatic carbocycles. The summed E-state index contributed by atoms with van der Waals surface area (Å²) >= 11 is 0. The van der Waals surface area contributed by atoms with Crippen LogP contribution < -0.4 is 9.64 Å². The Morgan fingerprint density at radius 2 is 2.09 bits per heavy atom. The fourth-order valence-corrected chi connectivity index (χ4v) is 2.62. The molecule has 0 unspecified atom stereocenters. The first-order valence-corrected chi connectivity index (χ1v) is 6.52. The summed E-state index contributed by atoms with van der Waals surface area (Å²) in [5, 5.41) is 20.1. The number of carboxylic acid groups (broad SMARTS) is 1. The van der Waals surface area contributed by atoms with E-state index in [1.807, 2.05) is 0 Å². The van der Waals surface area contributed by atoms with Crippen molar-refractivity contribution < 1.29 is 32.7 Å². The maximum absolute atomic E-state index is 13.0. The van der Waals surface area contributed by atoms with Gasteiger partial charge in [-0.25, -0.2) is 0 Å². The molecule has 1 aromatic carbocycles. The lowest BCUT2D eigenvalue weighted by atomic mass is 9.96. The number of hydrogen-bond donors (Lipinski definition) is 1. The molecule has 0 radical (unpaired) electrons. The number of alkyl halides is 3. The highest BCUT2D eigenvalue weighted by atomic mass is 19.4. The Labute approximate surface area is 128 Å². The Hall–Kier alpha value is -2.52. The average Bonchev–Trinajstić information content (AvgIpc) is 2.91. The van der Waals surface area contributed by atoms with Crippen molar-refractivity contribution in [2.24, 2.45) is 11.8 Å². The van der Waals surface area contributed by atoms with Crippen molar-refractivity contribution in [3.8, 4) is 5.75 Å². The Kier molecular flexibility index (Phi) is 4.35. The van der Waals surface area contributed by atoms with Gasteiger partial charge < -0.3 is 14.7 Å². The molecule has 23 heavy (non-hydrogen) atoms. The minimum atomic E-state index is -4.70. The van der Waals surface area contributed by atoms with Gasteiger partial charge in [0.25, 0.3) is 5.69 Å². The van der Waals surface area contributed by atoms with Gasteiger partial charge in [0, 0.05) is 25.2 Å². The van der Waals surface area contributed by atoms with E-state index in [4.69, 9.17) is 9.84 Å². The van der Waals surface area contributed by atoms with Crippen LogP contribution in [0.4, 0.5) is 24.5 Å².